The van der Waals surface area contributed by atoms with Crippen molar-refractivity contribution in [3.05, 3.63) is 11.7 Å². The Labute approximate surface area is 113 Å². The van der Waals surface area contributed by atoms with Gasteiger partial charge in [-0.3, -0.25) is 4.90 Å². The lowest BCUT2D eigenvalue weighted by atomic mass is 9.98. The van der Waals surface area contributed by atoms with E-state index < -0.39 is 0 Å². The fourth-order valence-corrected chi connectivity index (χ4v) is 2.69. The molecule has 0 atom stereocenters. The number of nitrogens with zero attached hydrogens (tertiary/aromatic N) is 3. The summed E-state index contributed by atoms with van der Waals surface area (Å²) in [6.07, 6.45) is 3.07. The number of piperidine rings is 1. The van der Waals surface area contributed by atoms with E-state index in [9.17, 15) is 0 Å². The lowest BCUT2D eigenvalue weighted by Crippen LogP contribution is -2.37. The molecule has 6 heteroatoms. The highest BCUT2D eigenvalue weighted by Crippen LogP contribution is 2.22. The van der Waals surface area contributed by atoms with E-state index in [0.29, 0.717) is 5.92 Å². The molecular formula is C13H22N4O2. The van der Waals surface area contributed by atoms with Crippen LogP contribution in [0.2, 0.25) is 0 Å². The van der Waals surface area contributed by atoms with Crippen LogP contribution in [-0.4, -0.2) is 61.0 Å². The first-order valence-electron chi connectivity index (χ1n) is 7.25. The molecule has 0 radical (unpaired) electrons. The zero-order valence-corrected chi connectivity index (χ0v) is 11.3. The molecule has 0 bridgehead atoms. The first-order chi connectivity index (χ1) is 9.42. The molecule has 0 aliphatic carbocycles. The number of morpholine rings is 1. The minimum absolute atomic E-state index is 0.474. The Morgan fingerprint density at radius 3 is 2.79 bits per heavy atom. The van der Waals surface area contributed by atoms with Crippen molar-refractivity contribution in [3.8, 4) is 0 Å². The topological polar surface area (TPSA) is 63.4 Å². The Morgan fingerprint density at radius 1 is 1.21 bits per heavy atom. The quantitative estimate of drug-likeness (QED) is 0.851. The van der Waals surface area contributed by atoms with Gasteiger partial charge in [-0.05, 0) is 25.9 Å². The van der Waals surface area contributed by atoms with Crippen molar-refractivity contribution in [2.45, 2.75) is 25.2 Å². The summed E-state index contributed by atoms with van der Waals surface area (Å²) in [4.78, 5) is 6.94. The summed E-state index contributed by atoms with van der Waals surface area (Å²) in [5, 5.41) is 7.50. The highest BCUT2D eigenvalue weighted by Gasteiger charge is 2.21. The van der Waals surface area contributed by atoms with E-state index in [1.807, 2.05) is 0 Å². The van der Waals surface area contributed by atoms with Crippen molar-refractivity contribution in [1.29, 1.82) is 0 Å². The maximum Gasteiger partial charge on any atom is 0.227 e. The van der Waals surface area contributed by atoms with Crippen molar-refractivity contribution < 1.29 is 9.26 Å². The van der Waals surface area contributed by atoms with Crippen LogP contribution in [-0.2, 0) is 11.2 Å². The van der Waals surface area contributed by atoms with E-state index in [4.69, 9.17) is 9.26 Å². The van der Waals surface area contributed by atoms with Crippen LogP contribution >= 0.6 is 0 Å². The van der Waals surface area contributed by atoms with Gasteiger partial charge >= 0.3 is 0 Å². The molecule has 3 heterocycles. The van der Waals surface area contributed by atoms with Crippen LogP contribution in [0, 0.1) is 0 Å². The molecule has 1 aromatic heterocycles. The van der Waals surface area contributed by atoms with Crippen molar-refractivity contribution >= 4 is 0 Å². The number of hydrogen-bond acceptors (Lipinski definition) is 6. The number of rotatable bonds is 4. The molecule has 0 unspecified atom stereocenters. The first-order valence-corrected chi connectivity index (χ1v) is 7.25. The van der Waals surface area contributed by atoms with E-state index in [0.717, 1.165) is 76.9 Å². The van der Waals surface area contributed by atoms with Crippen molar-refractivity contribution in [2.75, 3.05) is 45.9 Å². The Bertz CT molecular complexity index is 384. The molecule has 2 saturated heterocycles. The number of ether oxygens (including phenoxy) is 1. The molecule has 2 aliphatic rings. The molecule has 6 nitrogen and oxygen atoms in total. The highest BCUT2D eigenvalue weighted by atomic mass is 16.5. The molecule has 0 spiro atoms. The van der Waals surface area contributed by atoms with Crippen molar-refractivity contribution in [1.82, 2.24) is 20.4 Å². The van der Waals surface area contributed by atoms with Crippen molar-refractivity contribution in [2.24, 2.45) is 0 Å². The second kappa shape index (κ2) is 6.45. The zero-order chi connectivity index (χ0) is 12.9. The SMILES string of the molecule is C1CC(c2noc(CCN3CCOCC3)n2)CCN1. The van der Waals surface area contributed by atoms with Gasteiger partial charge in [-0.15, -0.1) is 0 Å². The summed E-state index contributed by atoms with van der Waals surface area (Å²) in [6.45, 7) is 6.79. The maximum atomic E-state index is 5.37. The lowest BCUT2D eigenvalue weighted by molar-refractivity contribution is 0.0375. The van der Waals surface area contributed by atoms with Gasteiger partial charge in [0.25, 0.3) is 0 Å². The minimum atomic E-state index is 0.474. The average molecular weight is 266 g/mol. The Kier molecular flexibility index (Phi) is 4.42. The van der Waals surface area contributed by atoms with Crippen molar-refractivity contribution in [3.63, 3.8) is 0 Å². The van der Waals surface area contributed by atoms with E-state index in [2.05, 4.69) is 20.4 Å². The van der Waals surface area contributed by atoms with Crippen LogP contribution in [0.15, 0.2) is 4.52 Å². The standard InChI is InChI=1S/C13H22N4O2/c1-4-14-5-2-11(1)13-15-12(19-16-13)3-6-17-7-9-18-10-8-17/h11,14H,1-10H2. The number of aromatic nitrogens is 2. The molecule has 2 fully saturated rings. The second-order valence-corrected chi connectivity index (χ2v) is 5.27. The van der Waals surface area contributed by atoms with E-state index >= 15 is 0 Å². The molecule has 1 aromatic rings. The van der Waals surface area contributed by atoms with Gasteiger partial charge in [-0.2, -0.15) is 4.98 Å². The van der Waals surface area contributed by atoms with Crippen LogP contribution in [0.3, 0.4) is 0 Å². The average Bonchev–Trinajstić information content (AvgIpc) is 2.96. The first kappa shape index (κ1) is 13.0. The monoisotopic (exact) mass is 266 g/mol. The normalized spacial score (nSPS) is 22.7. The Hall–Kier alpha value is -0.980. The van der Waals surface area contributed by atoms with Gasteiger partial charge in [0, 0.05) is 32.0 Å². The Balaban J connectivity index is 1.49. The van der Waals surface area contributed by atoms with Crippen LogP contribution in [0.1, 0.15) is 30.5 Å². The molecule has 106 valence electrons. The van der Waals surface area contributed by atoms with Crippen LogP contribution < -0.4 is 5.32 Å². The van der Waals surface area contributed by atoms with Gasteiger partial charge in [0.1, 0.15) is 0 Å². The van der Waals surface area contributed by atoms with Gasteiger partial charge in [-0.1, -0.05) is 5.16 Å². The van der Waals surface area contributed by atoms with Gasteiger partial charge in [-0.25, -0.2) is 0 Å². The smallest absolute Gasteiger partial charge is 0.227 e. The summed E-state index contributed by atoms with van der Waals surface area (Å²) in [7, 11) is 0. The molecular weight excluding hydrogens is 244 g/mol. The molecule has 0 saturated carbocycles. The largest absolute Gasteiger partial charge is 0.379 e. The molecule has 0 amide bonds. The van der Waals surface area contributed by atoms with Crippen LogP contribution in [0.25, 0.3) is 0 Å². The number of nitrogens with one attached hydrogen (secondary N) is 1. The zero-order valence-electron chi connectivity index (χ0n) is 11.3. The van der Waals surface area contributed by atoms with E-state index in [-0.39, 0.29) is 0 Å². The Morgan fingerprint density at radius 2 is 2.00 bits per heavy atom. The maximum absolute atomic E-state index is 5.37. The fraction of sp³-hybridized carbons (Fsp3) is 0.846. The molecule has 1 N–H and O–H groups in total. The summed E-state index contributed by atoms with van der Waals surface area (Å²) in [5.41, 5.74) is 0. The molecule has 2 aliphatic heterocycles. The fourth-order valence-electron chi connectivity index (χ4n) is 2.69. The molecule has 0 aromatic carbocycles. The summed E-state index contributed by atoms with van der Waals surface area (Å²) >= 11 is 0. The van der Waals surface area contributed by atoms with Crippen LogP contribution in [0.5, 0.6) is 0 Å². The van der Waals surface area contributed by atoms with E-state index in [1.165, 1.54) is 0 Å². The predicted octanol–water partition coefficient (Wildman–Crippen LogP) is 0.411. The van der Waals surface area contributed by atoms with Gasteiger partial charge < -0.3 is 14.6 Å². The minimum Gasteiger partial charge on any atom is -0.379 e. The summed E-state index contributed by atoms with van der Waals surface area (Å²) in [6, 6.07) is 0. The van der Waals surface area contributed by atoms with Gasteiger partial charge in [0.2, 0.25) is 5.89 Å². The predicted molar refractivity (Wildman–Crippen MR) is 70.1 cm³/mol. The third-order valence-electron chi connectivity index (χ3n) is 3.93. The third-order valence-corrected chi connectivity index (χ3v) is 3.93. The lowest BCUT2D eigenvalue weighted by Gasteiger charge is -2.25. The highest BCUT2D eigenvalue weighted by molar-refractivity contribution is 4.97. The van der Waals surface area contributed by atoms with E-state index in [1.54, 1.807) is 0 Å². The molecule has 19 heavy (non-hydrogen) atoms. The number of hydrogen-bond donors (Lipinski definition) is 1. The molecule has 3 rings (SSSR count). The third kappa shape index (κ3) is 3.52. The van der Waals surface area contributed by atoms with Gasteiger partial charge in [0.05, 0.1) is 13.2 Å². The van der Waals surface area contributed by atoms with Gasteiger partial charge in [0.15, 0.2) is 5.82 Å². The summed E-state index contributed by atoms with van der Waals surface area (Å²) in [5.74, 6) is 2.15. The van der Waals surface area contributed by atoms with Crippen LogP contribution in [0.4, 0.5) is 0 Å². The second-order valence-electron chi connectivity index (χ2n) is 5.27. The summed E-state index contributed by atoms with van der Waals surface area (Å²) < 4.78 is 10.7.